The number of nitrogens with zero attached hydrogens (tertiary/aromatic N) is 3. The second kappa shape index (κ2) is 5.30. The largest absolute Gasteiger partial charge is 0.356 e. The van der Waals surface area contributed by atoms with Gasteiger partial charge in [-0.25, -0.2) is 4.98 Å². The summed E-state index contributed by atoms with van der Waals surface area (Å²) in [6.07, 6.45) is 2.84. The molecule has 6 heteroatoms. The van der Waals surface area contributed by atoms with Crippen LogP contribution in [0.1, 0.15) is 23.3 Å². The summed E-state index contributed by atoms with van der Waals surface area (Å²) in [6.45, 7) is 5.89. The third-order valence-electron chi connectivity index (χ3n) is 4.01. The van der Waals surface area contributed by atoms with Crippen molar-refractivity contribution in [2.24, 2.45) is 5.92 Å². The standard InChI is InChI=1S/C14H16ClN3OS/c1-8-9(2)20-13-11(8)12(16-14(15)17-13)18-5-3-10(7-19)4-6-18/h7,10H,3-6H2,1-2H3. The Morgan fingerprint density at radius 2 is 2.00 bits per heavy atom. The Bertz CT molecular complexity index is 662. The SMILES string of the molecule is Cc1sc2nc(Cl)nc(N3CCC(C=O)CC3)c2c1C. The maximum absolute atomic E-state index is 10.9. The van der Waals surface area contributed by atoms with Crippen LogP contribution in [0.4, 0.5) is 5.82 Å². The number of rotatable bonds is 2. The van der Waals surface area contributed by atoms with Gasteiger partial charge in [0.1, 0.15) is 16.9 Å². The lowest BCUT2D eigenvalue weighted by atomic mass is 9.98. The van der Waals surface area contributed by atoms with Crippen molar-refractivity contribution >= 4 is 45.3 Å². The van der Waals surface area contributed by atoms with Crippen molar-refractivity contribution < 1.29 is 4.79 Å². The zero-order chi connectivity index (χ0) is 14.3. The number of piperidine rings is 1. The number of aryl methyl sites for hydroxylation is 2. The first-order valence-corrected chi connectivity index (χ1v) is 7.93. The molecule has 1 fully saturated rings. The number of fused-ring (bicyclic) bond motifs is 1. The Morgan fingerprint density at radius 3 is 2.65 bits per heavy atom. The lowest BCUT2D eigenvalue weighted by Gasteiger charge is -2.31. The first-order valence-electron chi connectivity index (χ1n) is 6.73. The van der Waals surface area contributed by atoms with E-state index in [0.29, 0.717) is 5.28 Å². The fourth-order valence-corrected chi connectivity index (χ4v) is 3.92. The summed E-state index contributed by atoms with van der Waals surface area (Å²) in [6, 6.07) is 0. The average Bonchev–Trinajstić information content (AvgIpc) is 2.73. The molecular weight excluding hydrogens is 294 g/mol. The molecule has 0 bridgehead atoms. The molecule has 0 aliphatic carbocycles. The Balaban J connectivity index is 2.04. The molecule has 1 aliphatic heterocycles. The molecule has 3 rings (SSSR count). The van der Waals surface area contributed by atoms with E-state index in [4.69, 9.17) is 11.6 Å². The maximum Gasteiger partial charge on any atom is 0.225 e. The molecule has 1 saturated heterocycles. The Kier molecular flexibility index (Phi) is 3.65. The van der Waals surface area contributed by atoms with Gasteiger partial charge < -0.3 is 9.69 Å². The fraction of sp³-hybridized carbons (Fsp3) is 0.500. The summed E-state index contributed by atoms with van der Waals surface area (Å²) in [4.78, 5) is 24.1. The van der Waals surface area contributed by atoms with E-state index in [1.165, 1.54) is 10.4 Å². The van der Waals surface area contributed by atoms with Crippen LogP contribution in [0, 0.1) is 19.8 Å². The van der Waals surface area contributed by atoms with Crippen LogP contribution in [0.25, 0.3) is 10.2 Å². The van der Waals surface area contributed by atoms with Crippen molar-refractivity contribution in [1.29, 1.82) is 0 Å². The molecule has 2 aromatic heterocycles. The van der Waals surface area contributed by atoms with E-state index in [2.05, 4.69) is 28.7 Å². The van der Waals surface area contributed by atoms with Crippen molar-refractivity contribution in [2.45, 2.75) is 26.7 Å². The zero-order valence-corrected chi connectivity index (χ0v) is 13.1. The number of aldehydes is 1. The highest BCUT2D eigenvalue weighted by atomic mass is 35.5. The summed E-state index contributed by atoms with van der Waals surface area (Å²) in [7, 11) is 0. The summed E-state index contributed by atoms with van der Waals surface area (Å²) in [5.41, 5.74) is 1.23. The van der Waals surface area contributed by atoms with Gasteiger partial charge in [0.25, 0.3) is 0 Å². The number of anilines is 1. The van der Waals surface area contributed by atoms with Crippen LogP contribution in [-0.2, 0) is 4.79 Å². The van der Waals surface area contributed by atoms with Crippen LogP contribution in [0.15, 0.2) is 0 Å². The van der Waals surface area contributed by atoms with Crippen molar-refractivity contribution in [3.8, 4) is 0 Å². The highest BCUT2D eigenvalue weighted by molar-refractivity contribution is 7.18. The van der Waals surface area contributed by atoms with E-state index < -0.39 is 0 Å². The first kappa shape index (κ1) is 13.8. The van der Waals surface area contributed by atoms with E-state index in [1.54, 1.807) is 11.3 Å². The molecule has 3 heterocycles. The van der Waals surface area contributed by atoms with E-state index in [0.717, 1.165) is 48.3 Å². The fourth-order valence-electron chi connectivity index (χ4n) is 2.68. The minimum Gasteiger partial charge on any atom is -0.356 e. The number of hydrogen-bond donors (Lipinski definition) is 0. The molecule has 0 N–H and O–H groups in total. The summed E-state index contributed by atoms with van der Waals surface area (Å²) >= 11 is 7.72. The minimum absolute atomic E-state index is 0.185. The number of carbonyl (C=O) groups is 1. The highest BCUT2D eigenvalue weighted by Gasteiger charge is 2.23. The van der Waals surface area contributed by atoms with Gasteiger partial charge in [0.05, 0.1) is 5.39 Å². The van der Waals surface area contributed by atoms with Gasteiger partial charge in [-0.05, 0) is 43.9 Å². The predicted octanol–water partition coefficient (Wildman–Crippen LogP) is 3.38. The van der Waals surface area contributed by atoms with Crippen LogP contribution in [-0.4, -0.2) is 29.3 Å². The van der Waals surface area contributed by atoms with E-state index >= 15 is 0 Å². The van der Waals surface area contributed by atoms with Crippen LogP contribution in [0.5, 0.6) is 0 Å². The van der Waals surface area contributed by atoms with Crippen molar-refractivity contribution in [3.05, 3.63) is 15.7 Å². The molecule has 1 aliphatic rings. The molecule has 4 nitrogen and oxygen atoms in total. The predicted molar refractivity (Wildman–Crippen MR) is 82.9 cm³/mol. The minimum atomic E-state index is 0.185. The van der Waals surface area contributed by atoms with Crippen molar-refractivity contribution in [1.82, 2.24) is 9.97 Å². The van der Waals surface area contributed by atoms with Crippen LogP contribution >= 0.6 is 22.9 Å². The number of halogens is 1. The van der Waals surface area contributed by atoms with Gasteiger partial charge in [0, 0.05) is 23.9 Å². The molecule has 106 valence electrons. The highest BCUT2D eigenvalue weighted by Crippen LogP contribution is 2.36. The molecule has 0 unspecified atom stereocenters. The summed E-state index contributed by atoms with van der Waals surface area (Å²) in [5.74, 6) is 1.11. The van der Waals surface area contributed by atoms with Crippen molar-refractivity contribution in [3.63, 3.8) is 0 Å². The molecule has 0 radical (unpaired) electrons. The van der Waals surface area contributed by atoms with Gasteiger partial charge in [-0.15, -0.1) is 11.3 Å². The Hall–Kier alpha value is -1.20. The van der Waals surface area contributed by atoms with Gasteiger partial charge in [0.2, 0.25) is 5.28 Å². The van der Waals surface area contributed by atoms with Gasteiger partial charge in [-0.2, -0.15) is 4.98 Å². The van der Waals surface area contributed by atoms with Crippen molar-refractivity contribution in [2.75, 3.05) is 18.0 Å². The van der Waals surface area contributed by atoms with Crippen LogP contribution in [0.3, 0.4) is 0 Å². The molecule has 0 amide bonds. The van der Waals surface area contributed by atoms with Gasteiger partial charge >= 0.3 is 0 Å². The molecule has 20 heavy (non-hydrogen) atoms. The van der Waals surface area contributed by atoms with Gasteiger partial charge in [0.15, 0.2) is 0 Å². The third kappa shape index (κ3) is 2.29. The van der Waals surface area contributed by atoms with Crippen LogP contribution in [0.2, 0.25) is 5.28 Å². The monoisotopic (exact) mass is 309 g/mol. The topological polar surface area (TPSA) is 46.1 Å². The first-order chi connectivity index (χ1) is 9.60. The van der Waals surface area contributed by atoms with Gasteiger partial charge in [-0.1, -0.05) is 0 Å². The smallest absolute Gasteiger partial charge is 0.225 e. The third-order valence-corrected chi connectivity index (χ3v) is 5.28. The number of carbonyl (C=O) groups excluding carboxylic acids is 1. The van der Waals surface area contributed by atoms with E-state index in [1.807, 2.05) is 0 Å². The number of thiophene rings is 1. The lowest BCUT2D eigenvalue weighted by Crippen LogP contribution is -2.34. The van der Waals surface area contributed by atoms with Gasteiger partial charge in [-0.3, -0.25) is 0 Å². The summed E-state index contributed by atoms with van der Waals surface area (Å²) in [5, 5.41) is 1.41. The number of hydrogen-bond acceptors (Lipinski definition) is 5. The quantitative estimate of drug-likeness (QED) is 0.630. The lowest BCUT2D eigenvalue weighted by molar-refractivity contribution is -0.111. The Morgan fingerprint density at radius 1 is 1.30 bits per heavy atom. The van der Waals surface area contributed by atoms with Crippen LogP contribution < -0.4 is 4.90 Å². The molecule has 0 spiro atoms. The average molecular weight is 310 g/mol. The molecule has 0 aromatic carbocycles. The Labute approximate surface area is 126 Å². The molecule has 2 aromatic rings. The number of aromatic nitrogens is 2. The zero-order valence-electron chi connectivity index (χ0n) is 11.5. The normalized spacial score (nSPS) is 16.9. The second-order valence-corrected chi connectivity index (χ2v) is 6.78. The maximum atomic E-state index is 10.9. The molecule has 0 saturated carbocycles. The molecule has 0 atom stereocenters. The molecular formula is C14H16ClN3OS. The van der Waals surface area contributed by atoms with E-state index in [9.17, 15) is 4.79 Å². The second-order valence-electron chi connectivity index (χ2n) is 5.24. The van der Waals surface area contributed by atoms with E-state index in [-0.39, 0.29) is 5.92 Å². The summed E-state index contributed by atoms with van der Waals surface area (Å²) < 4.78 is 0.